The molecule has 0 spiro atoms. The van der Waals surface area contributed by atoms with Gasteiger partial charge >= 0.3 is 0 Å². The van der Waals surface area contributed by atoms with Gasteiger partial charge < -0.3 is 18.2 Å². The van der Waals surface area contributed by atoms with Crippen molar-refractivity contribution in [2.75, 3.05) is 4.90 Å². The summed E-state index contributed by atoms with van der Waals surface area (Å²) in [5, 5.41) is 4.19. The fourth-order valence-corrected chi connectivity index (χ4v) is 8.70. The van der Waals surface area contributed by atoms with E-state index >= 15 is 0 Å². The smallest absolute Gasteiger partial charge is 0.227 e. The second kappa shape index (κ2) is 13.8. The average molecular weight is 771 g/mol. The van der Waals surface area contributed by atoms with Gasteiger partial charge in [0.05, 0.1) is 5.39 Å². The molecule has 0 radical (unpaired) electrons. The lowest BCUT2D eigenvalue weighted by molar-refractivity contribution is 0.620. The summed E-state index contributed by atoms with van der Waals surface area (Å²) < 4.78 is 19.4. The fraction of sp³-hybridized carbons (Fsp3) is 0. The third kappa shape index (κ3) is 5.59. The van der Waals surface area contributed by atoms with Crippen LogP contribution in [0.4, 0.5) is 17.1 Å². The van der Waals surface area contributed by atoms with Gasteiger partial charge in [0.25, 0.3) is 0 Å². The first-order valence-electron chi connectivity index (χ1n) is 20.1. The Balaban J connectivity index is 1.01. The Kier molecular flexibility index (Phi) is 7.78. The minimum absolute atomic E-state index is 0.574. The summed E-state index contributed by atoms with van der Waals surface area (Å²) in [5.74, 6) is 0.574. The summed E-state index contributed by atoms with van der Waals surface area (Å²) >= 11 is 0. The van der Waals surface area contributed by atoms with Crippen LogP contribution < -0.4 is 4.90 Å². The van der Waals surface area contributed by atoms with Crippen LogP contribution in [-0.4, -0.2) is 4.98 Å². The highest BCUT2D eigenvalue weighted by molar-refractivity contribution is 6.20. The molecule has 0 amide bonds. The highest BCUT2D eigenvalue weighted by Gasteiger charge is 2.22. The van der Waals surface area contributed by atoms with Crippen LogP contribution in [0.25, 0.3) is 99.8 Å². The molecule has 9 aromatic carbocycles. The molecule has 282 valence electrons. The molecule has 0 atom stereocenters. The Labute approximate surface area is 345 Å². The monoisotopic (exact) mass is 770 g/mol. The lowest BCUT2D eigenvalue weighted by Crippen LogP contribution is -2.10. The van der Waals surface area contributed by atoms with E-state index in [-0.39, 0.29) is 0 Å². The number of anilines is 3. The molecule has 0 unspecified atom stereocenters. The number of benzene rings is 9. The molecule has 5 heteroatoms. The zero-order chi connectivity index (χ0) is 39.6. The number of aromatic nitrogens is 1. The predicted octanol–water partition coefficient (Wildman–Crippen LogP) is 15.8. The molecule has 12 aromatic rings. The molecule has 0 N–H and O–H groups in total. The molecule has 0 aliphatic carbocycles. The summed E-state index contributed by atoms with van der Waals surface area (Å²) in [7, 11) is 0. The first kappa shape index (κ1) is 33.9. The Bertz CT molecular complexity index is 3530. The fourth-order valence-electron chi connectivity index (χ4n) is 8.70. The van der Waals surface area contributed by atoms with E-state index in [0.717, 1.165) is 105 Å². The van der Waals surface area contributed by atoms with Gasteiger partial charge in [0.15, 0.2) is 5.58 Å². The highest BCUT2D eigenvalue weighted by Crippen LogP contribution is 2.44. The van der Waals surface area contributed by atoms with Crippen molar-refractivity contribution < 1.29 is 13.3 Å². The van der Waals surface area contributed by atoms with Crippen LogP contribution >= 0.6 is 0 Å². The Hall–Kier alpha value is -8.15. The van der Waals surface area contributed by atoms with E-state index in [4.69, 9.17) is 18.2 Å². The summed E-state index contributed by atoms with van der Waals surface area (Å²) in [6, 6.07) is 71.6. The molecule has 0 fully saturated rings. The van der Waals surface area contributed by atoms with Crippen molar-refractivity contribution >= 4 is 72.0 Å². The molecule has 0 aliphatic rings. The number of hydrogen-bond acceptors (Lipinski definition) is 5. The standard InChI is InChI=1S/C55H34N2O3/c1-3-13-35(14-4-1)36-25-29-40(30-26-36)57(42-18-11-17-39(33-42)43-21-12-24-49-51(43)44-19-7-9-22-47(44)58-49)41-31-27-37(28-32-41)46-34-50-52(45-20-8-10-23-48(45)59-50)53-54(46)60-55(56-53)38-15-5-2-6-16-38/h1-34H. The third-order valence-electron chi connectivity index (χ3n) is 11.5. The number of fused-ring (bicyclic) bond motifs is 8. The minimum atomic E-state index is 0.574. The third-order valence-corrected chi connectivity index (χ3v) is 11.5. The summed E-state index contributed by atoms with van der Waals surface area (Å²) in [6.45, 7) is 0. The maximum absolute atomic E-state index is 6.67. The molecule has 60 heavy (non-hydrogen) atoms. The van der Waals surface area contributed by atoms with E-state index in [1.54, 1.807) is 0 Å². The number of furan rings is 2. The molecule has 0 saturated heterocycles. The van der Waals surface area contributed by atoms with Crippen LogP contribution in [0.15, 0.2) is 220 Å². The number of para-hydroxylation sites is 2. The van der Waals surface area contributed by atoms with E-state index in [1.807, 2.05) is 72.8 Å². The lowest BCUT2D eigenvalue weighted by atomic mass is 9.98. The van der Waals surface area contributed by atoms with Crippen LogP contribution in [0, 0.1) is 0 Å². The van der Waals surface area contributed by atoms with E-state index in [9.17, 15) is 0 Å². The predicted molar refractivity (Wildman–Crippen MR) is 245 cm³/mol. The van der Waals surface area contributed by atoms with E-state index in [0.29, 0.717) is 5.89 Å². The van der Waals surface area contributed by atoms with Gasteiger partial charge in [-0.15, -0.1) is 0 Å². The number of rotatable bonds is 7. The quantitative estimate of drug-likeness (QED) is 0.162. The normalized spacial score (nSPS) is 11.7. The number of nitrogens with zero attached hydrogens (tertiary/aromatic N) is 2. The van der Waals surface area contributed by atoms with Gasteiger partial charge in [-0.25, -0.2) is 4.98 Å². The topological polar surface area (TPSA) is 55.6 Å². The average Bonchev–Trinajstić information content (AvgIpc) is 4.04. The van der Waals surface area contributed by atoms with Gasteiger partial charge in [0, 0.05) is 44.3 Å². The van der Waals surface area contributed by atoms with Gasteiger partial charge in [0.1, 0.15) is 27.8 Å². The van der Waals surface area contributed by atoms with Crippen molar-refractivity contribution in [1.29, 1.82) is 0 Å². The summed E-state index contributed by atoms with van der Waals surface area (Å²) in [6.07, 6.45) is 0. The van der Waals surface area contributed by atoms with Crippen molar-refractivity contribution in [3.63, 3.8) is 0 Å². The maximum Gasteiger partial charge on any atom is 0.227 e. The van der Waals surface area contributed by atoms with Crippen molar-refractivity contribution in [3.8, 4) is 44.8 Å². The van der Waals surface area contributed by atoms with Crippen LogP contribution in [0.1, 0.15) is 0 Å². The zero-order valence-corrected chi connectivity index (χ0v) is 32.2. The second-order valence-electron chi connectivity index (χ2n) is 15.1. The highest BCUT2D eigenvalue weighted by atomic mass is 16.4. The van der Waals surface area contributed by atoms with Crippen molar-refractivity contribution in [2.24, 2.45) is 0 Å². The van der Waals surface area contributed by atoms with Gasteiger partial charge in [-0.1, -0.05) is 133 Å². The van der Waals surface area contributed by atoms with Crippen LogP contribution in [0.5, 0.6) is 0 Å². The zero-order valence-electron chi connectivity index (χ0n) is 32.2. The van der Waals surface area contributed by atoms with Gasteiger partial charge in [-0.05, 0) is 101 Å². The van der Waals surface area contributed by atoms with Gasteiger partial charge in [-0.2, -0.15) is 0 Å². The van der Waals surface area contributed by atoms with Crippen LogP contribution in [0.2, 0.25) is 0 Å². The molecular weight excluding hydrogens is 737 g/mol. The Morgan fingerprint density at radius 2 is 0.883 bits per heavy atom. The molecule has 3 aromatic heterocycles. The van der Waals surface area contributed by atoms with E-state index < -0.39 is 0 Å². The second-order valence-corrected chi connectivity index (χ2v) is 15.1. The number of hydrogen-bond donors (Lipinski definition) is 0. The Morgan fingerprint density at radius 3 is 1.60 bits per heavy atom. The minimum Gasteiger partial charge on any atom is -0.456 e. The van der Waals surface area contributed by atoms with E-state index in [1.165, 1.54) is 5.56 Å². The molecule has 0 bridgehead atoms. The van der Waals surface area contributed by atoms with Crippen LogP contribution in [0.3, 0.4) is 0 Å². The Morgan fingerprint density at radius 1 is 0.333 bits per heavy atom. The summed E-state index contributed by atoms with van der Waals surface area (Å²) in [4.78, 5) is 7.41. The summed E-state index contributed by atoms with van der Waals surface area (Å²) in [5.41, 5.74) is 15.3. The molecular formula is C55H34N2O3. The maximum atomic E-state index is 6.67. The SMILES string of the molecule is c1ccc(-c2ccc(N(c3ccc(-c4cc5oc6ccccc6c5c5nc(-c6ccccc6)oc45)cc3)c3cccc(-c4cccc5oc6ccccc6c45)c3)cc2)cc1. The first-order chi connectivity index (χ1) is 29.7. The lowest BCUT2D eigenvalue weighted by Gasteiger charge is -2.26. The molecule has 0 aliphatic heterocycles. The number of oxazole rings is 1. The van der Waals surface area contributed by atoms with Gasteiger partial charge in [-0.3, -0.25) is 0 Å². The van der Waals surface area contributed by atoms with Gasteiger partial charge in [0.2, 0.25) is 5.89 Å². The molecule has 3 heterocycles. The molecule has 5 nitrogen and oxygen atoms in total. The molecule has 12 rings (SSSR count). The van der Waals surface area contributed by atoms with Crippen molar-refractivity contribution in [1.82, 2.24) is 4.98 Å². The van der Waals surface area contributed by atoms with Crippen LogP contribution in [-0.2, 0) is 0 Å². The molecule has 0 saturated carbocycles. The first-order valence-corrected chi connectivity index (χ1v) is 20.1. The van der Waals surface area contributed by atoms with Crippen molar-refractivity contribution in [2.45, 2.75) is 0 Å². The van der Waals surface area contributed by atoms with Crippen molar-refractivity contribution in [3.05, 3.63) is 206 Å². The van der Waals surface area contributed by atoms with E-state index in [2.05, 4.69) is 138 Å². The largest absolute Gasteiger partial charge is 0.456 e.